The molecule has 7 rings (SSSR count). The highest BCUT2D eigenvalue weighted by molar-refractivity contribution is 5.91. The van der Waals surface area contributed by atoms with Gasteiger partial charge in [-0.05, 0) is 25.0 Å². The molecule has 0 bridgehead atoms. The fourth-order valence-electron chi connectivity index (χ4n) is 6.15. The van der Waals surface area contributed by atoms with Crippen molar-refractivity contribution in [2.24, 2.45) is 11.8 Å². The van der Waals surface area contributed by atoms with E-state index >= 15 is 0 Å². The largest absolute Gasteiger partial charge is 0.506 e. The molecule has 334 valence electrons. The molecule has 0 aliphatic carbocycles. The molecular formula is C37H45F2N11O12. The van der Waals surface area contributed by atoms with Crippen molar-refractivity contribution >= 4 is 58.3 Å². The first kappa shape index (κ1) is 46.2. The number of rotatable bonds is 10. The molecule has 2 aliphatic rings. The quantitative estimate of drug-likeness (QED) is 0.108. The first-order valence-corrected chi connectivity index (χ1v) is 19.2. The smallest absolute Gasteiger partial charge is 0.450 e. The van der Waals surface area contributed by atoms with Crippen molar-refractivity contribution in [1.29, 1.82) is 0 Å². The SMILES string of the molecule is CC[C@H]1O[C@@H](n2cnc3c(=O)[nH]c(NC(=O)C(C)C)nc32)[C@H](OC(=O)O)[C@H]1F.CC[C@H]1O[C@@H](n2cnc3c(=O)[nH]c(NC(=O)C(C)C)nc32)[C@H](OC(=O)O)[C@H]1F.c1ccncc1. The molecule has 2 saturated heterocycles. The van der Waals surface area contributed by atoms with Gasteiger partial charge in [-0.25, -0.2) is 28.3 Å². The van der Waals surface area contributed by atoms with Crippen molar-refractivity contribution < 1.29 is 57.1 Å². The lowest BCUT2D eigenvalue weighted by molar-refractivity contribution is -0.119. The Morgan fingerprint density at radius 3 is 1.40 bits per heavy atom. The van der Waals surface area contributed by atoms with E-state index in [-0.39, 0.29) is 70.7 Å². The maximum absolute atomic E-state index is 14.6. The van der Waals surface area contributed by atoms with Crippen LogP contribution in [0.5, 0.6) is 0 Å². The van der Waals surface area contributed by atoms with Crippen LogP contribution in [0.4, 0.5) is 30.3 Å². The second-order valence-electron chi connectivity index (χ2n) is 14.3. The second-order valence-corrected chi connectivity index (χ2v) is 14.3. The number of alkyl halides is 2. The summed E-state index contributed by atoms with van der Waals surface area (Å²) in [5.41, 5.74) is -1.40. The minimum atomic E-state index is -1.70. The van der Waals surface area contributed by atoms with Gasteiger partial charge in [0.15, 0.2) is 59.3 Å². The summed E-state index contributed by atoms with van der Waals surface area (Å²) in [7, 11) is 0. The Morgan fingerprint density at radius 2 is 1.11 bits per heavy atom. The number of anilines is 2. The number of nitrogens with one attached hydrogen (secondary N) is 4. The predicted molar refractivity (Wildman–Crippen MR) is 211 cm³/mol. The van der Waals surface area contributed by atoms with E-state index in [2.05, 4.69) is 55.0 Å². The number of aromatic nitrogens is 9. The first-order valence-electron chi connectivity index (χ1n) is 19.2. The predicted octanol–water partition coefficient (Wildman–Crippen LogP) is 3.93. The zero-order valence-corrected chi connectivity index (χ0v) is 34.1. The summed E-state index contributed by atoms with van der Waals surface area (Å²) >= 11 is 0. The number of carbonyl (C=O) groups excluding carboxylic acids is 2. The molecule has 25 heteroatoms. The van der Waals surface area contributed by atoms with Gasteiger partial charge in [-0.1, -0.05) is 47.6 Å². The number of amides is 2. The van der Waals surface area contributed by atoms with Crippen molar-refractivity contribution in [3.05, 3.63) is 64.0 Å². The van der Waals surface area contributed by atoms with E-state index in [0.29, 0.717) is 0 Å². The van der Waals surface area contributed by atoms with Crippen molar-refractivity contribution in [3.63, 3.8) is 0 Å². The van der Waals surface area contributed by atoms with E-state index in [1.807, 2.05) is 18.2 Å². The molecular weight excluding hydrogens is 828 g/mol. The van der Waals surface area contributed by atoms with Crippen LogP contribution in [0.1, 0.15) is 66.8 Å². The number of carbonyl (C=O) groups is 4. The molecule has 5 aromatic heterocycles. The Hall–Kier alpha value is -6.89. The minimum Gasteiger partial charge on any atom is -0.450 e. The summed E-state index contributed by atoms with van der Waals surface area (Å²) in [5, 5.41) is 22.8. The highest BCUT2D eigenvalue weighted by Gasteiger charge is 2.50. The average molecular weight is 874 g/mol. The number of hydrogen-bond donors (Lipinski definition) is 6. The Balaban J connectivity index is 0.000000206. The van der Waals surface area contributed by atoms with Crippen LogP contribution in [0.2, 0.25) is 0 Å². The van der Waals surface area contributed by atoms with Gasteiger partial charge in [0, 0.05) is 24.2 Å². The molecule has 23 nitrogen and oxygen atoms in total. The Morgan fingerprint density at radius 1 is 0.726 bits per heavy atom. The van der Waals surface area contributed by atoms with Gasteiger partial charge in [-0.3, -0.25) is 53.9 Å². The molecule has 0 saturated carbocycles. The molecule has 0 spiro atoms. The molecule has 2 amide bonds. The molecule has 0 aromatic carbocycles. The van der Waals surface area contributed by atoms with E-state index in [0.717, 1.165) is 0 Å². The zero-order chi connectivity index (χ0) is 45.4. The third-order valence-corrected chi connectivity index (χ3v) is 9.32. The van der Waals surface area contributed by atoms with E-state index in [1.54, 1.807) is 53.9 Å². The topological polar surface area (TPSA) is 310 Å². The van der Waals surface area contributed by atoms with Crippen LogP contribution in [-0.2, 0) is 28.5 Å². The molecule has 7 heterocycles. The number of nitrogens with zero attached hydrogens (tertiary/aromatic N) is 7. The monoisotopic (exact) mass is 873 g/mol. The van der Waals surface area contributed by atoms with Crippen LogP contribution >= 0.6 is 0 Å². The number of halogens is 2. The standard InChI is InChI=1S/2C16H20FN5O6.C5H5N/c2*1-4-7-8(17)10(28-16(25)26)14(27-7)22-5-18-9-11(22)19-15(21-13(9)24)20-12(23)6(2)3;1-2-4-6-5-3-1/h2*5-8,10,14H,4H2,1-3H3,(H,25,26)(H2,19,20,21,23,24);1-5H/t2*7-,8+,10-,14-;/m11./s1. The fourth-order valence-corrected chi connectivity index (χ4v) is 6.15. The fraction of sp³-hybridized carbons (Fsp3) is 0.486. The van der Waals surface area contributed by atoms with Crippen LogP contribution in [0.3, 0.4) is 0 Å². The van der Waals surface area contributed by atoms with Crippen LogP contribution in [-0.4, -0.2) is 115 Å². The van der Waals surface area contributed by atoms with Crippen molar-refractivity contribution in [2.75, 3.05) is 10.6 Å². The van der Waals surface area contributed by atoms with Gasteiger partial charge < -0.3 is 29.2 Å². The number of fused-ring (bicyclic) bond motifs is 2. The van der Waals surface area contributed by atoms with Crippen molar-refractivity contribution in [2.45, 2.75) is 104 Å². The van der Waals surface area contributed by atoms with Gasteiger partial charge in [-0.2, -0.15) is 9.97 Å². The maximum atomic E-state index is 14.6. The van der Waals surface area contributed by atoms with Crippen LogP contribution in [0.25, 0.3) is 22.3 Å². The maximum Gasteiger partial charge on any atom is 0.506 e. The van der Waals surface area contributed by atoms with E-state index in [4.69, 9.17) is 19.7 Å². The molecule has 8 atom stereocenters. The van der Waals surface area contributed by atoms with Crippen molar-refractivity contribution in [3.8, 4) is 0 Å². The number of hydrogen-bond acceptors (Lipinski definition) is 15. The molecule has 2 aliphatic heterocycles. The number of imidazole rings is 2. The third kappa shape index (κ3) is 10.5. The van der Waals surface area contributed by atoms with E-state index in [1.165, 1.54) is 21.8 Å². The lowest BCUT2D eigenvalue weighted by Gasteiger charge is -2.19. The van der Waals surface area contributed by atoms with Gasteiger partial charge in [0.25, 0.3) is 11.1 Å². The Labute approximate surface area is 349 Å². The summed E-state index contributed by atoms with van der Waals surface area (Å²) in [6.45, 7) is 10.1. The van der Waals surface area contributed by atoms with Gasteiger partial charge in [0.1, 0.15) is 0 Å². The number of carboxylic acid groups (broad SMARTS) is 2. The number of ether oxygens (including phenoxy) is 4. The molecule has 62 heavy (non-hydrogen) atoms. The van der Waals surface area contributed by atoms with E-state index in [9.17, 15) is 37.5 Å². The van der Waals surface area contributed by atoms with Crippen molar-refractivity contribution in [1.82, 2.24) is 44.0 Å². The lowest BCUT2D eigenvalue weighted by Crippen LogP contribution is -2.32. The number of pyridine rings is 1. The van der Waals surface area contributed by atoms with Gasteiger partial charge in [-0.15, -0.1) is 0 Å². The Kier molecular flexibility index (Phi) is 15.0. The third-order valence-electron chi connectivity index (χ3n) is 9.32. The van der Waals surface area contributed by atoms with Crippen LogP contribution in [0.15, 0.2) is 52.8 Å². The minimum absolute atomic E-state index is 0.00394. The molecule has 0 unspecified atom stereocenters. The summed E-state index contributed by atoms with van der Waals surface area (Å²) in [4.78, 5) is 95.0. The first-order chi connectivity index (χ1) is 29.4. The zero-order valence-electron chi connectivity index (χ0n) is 34.1. The summed E-state index contributed by atoms with van der Waals surface area (Å²) in [5.74, 6) is -1.67. The average Bonchev–Trinajstić information content (AvgIpc) is 3.99. The number of H-pyrrole nitrogens is 2. The molecule has 0 radical (unpaired) electrons. The summed E-state index contributed by atoms with van der Waals surface area (Å²) in [6.07, 6.45) is -7.39. The van der Waals surface area contributed by atoms with Gasteiger partial charge >= 0.3 is 12.3 Å². The molecule has 2 fully saturated rings. The van der Waals surface area contributed by atoms with Gasteiger partial charge in [0.05, 0.1) is 24.9 Å². The highest BCUT2D eigenvalue weighted by atomic mass is 19.1. The van der Waals surface area contributed by atoms with E-state index < -0.39 is 72.6 Å². The molecule has 5 aromatic rings. The summed E-state index contributed by atoms with van der Waals surface area (Å²) in [6, 6.07) is 5.72. The summed E-state index contributed by atoms with van der Waals surface area (Å²) < 4.78 is 52.2. The highest BCUT2D eigenvalue weighted by Crippen LogP contribution is 2.38. The lowest BCUT2D eigenvalue weighted by atomic mass is 10.1. The molecule has 6 N–H and O–H groups in total. The normalized spacial score (nSPS) is 23.0. The second kappa shape index (κ2) is 20.1. The van der Waals surface area contributed by atoms with Gasteiger partial charge in [0.2, 0.25) is 23.7 Å². The van der Waals surface area contributed by atoms with Crippen LogP contribution in [0, 0.1) is 11.8 Å². The Bertz CT molecular complexity index is 2300. The number of aromatic amines is 2. The van der Waals surface area contributed by atoms with Crippen LogP contribution < -0.4 is 21.8 Å².